The van der Waals surface area contributed by atoms with Crippen LogP contribution in [0.2, 0.25) is 0 Å². The third-order valence-electron chi connectivity index (χ3n) is 6.04. The lowest BCUT2D eigenvalue weighted by Gasteiger charge is -2.31. The highest BCUT2D eigenvalue weighted by molar-refractivity contribution is 5.88. The average Bonchev–Trinajstić information content (AvgIpc) is 3.27. The van der Waals surface area contributed by atoms with Gasteiger partial charge < -0.3 is 15.0 Å². The summed E-state index contributed by atoms with van der Waals surface area (Å²) in [6.07, 6.45) is 5.21. The molecule has 3 rings (SSSR count). The normalized spacial score (nSPS) is 14.8. The standard InChI is InChI=1S/C26H34N2O3/c1-4-24(26(30)27-22-10-5-6-11-22)28(18-21-9-7-8-19(2)16-21)25(29)17-20-12-14-23(31-3)15-13-20/h7-9,12-16,22,24H,4-6,10-11,17-18H2,1-3H3,(H,27,30)/t24-/m0/s1. The third-order valence-corrected chi connectivity index (χ3v) is 6.04. The molecule has 2 aromatic carbocycles. The van der Waals surface area contributed by atoms with Crippen molar-refractivity contribution in [2.75, 3.05) is 7.11 Å². The van der Waals surface area contributed by atoms with E-state index >= 15 is 0 Å². The summed E-state index contributed by atoms with van der Waals surface area (Å²) in [7, 11) is 1.62. The fourth-order valence-corrected chi connectivity index (χ4v) is 4.31. The van der Waals surface area contributed by atoms with Gasteiger partial charge in [0.05, 0.1) is 13.5 Å². The average molecular weight is 423 g/mol. The van der Waals surface area contributed by atoms with Gasteiger partial charge >= 0.3 is 0 Å². The summed E-state index contributed by atoms with van der Waals surface area (Å²) in [5.74, 6) is 0.681. The first kappa shape index (κ1) is 22.9. The molecular weight excluding hydrogens is 388 g/mol. The molecule has 1 N–H and O–H groups in total. The van der Waals surface area contributed by atoms with Gasteiger partial charge in [0.25, 0.3) is 0 Å². The summed E-state index contributed by atoms with van der Waals surface area (Å²) in [5.41, 5.74) is 3.09. The van der Waals surface area contributed by atoms with E-state index < -0.39 is 6.04 Å². The molecule has 0 bridgehead atoms. The molecule has 0 spiro atoms. The van der Waals surface area contributed by atoms with Crippen molar-refractivity contribution < 1.29 is 14.3 Å². The van der Waals surface area contributed by atoms with Gasteiger partial charge in [-0.2, -0.15) is 0 Å². The van der Waals surface area contributed by atoms with Gasteiger partial charge in [-0.25, -0.2) is 0 Å². The first-order valence-corrected chi connectivity index (χ1v) is 11.3. The maximum absolute atomic E-state index is 13.4. The SMILES string of the molecule is CC[C@@H](C(=O)NC1CCCC1)N(Cc1cccc(C)c1)C(=O)Cc1ccc(OC)cc1. The number of benzene rings is 2. The summed E-state index contributed by atoms with van der Waals surface area (Å²) in [6.45, 7) is 4.44. The van der Waals surface area contributed by atoms with Crippen molar-refractivity contribution in [2.24, 2.45) is 0 Å². The maximum Gasteiger partial charge on any atom is 0.243 e. The number of aryl methyl sites for hydroxylation is 1. The Balaban J connectivity index is 1.80. The van der Waals surface area contributed by atoms with Crippen LogP contribution in [-0.2, 0) is 22.6 Å². The molecule has 5 heteroatoms. The number of rotatable bonds is 9. The van der Waals surface area contributed by atoms with Crippen molar-refractivity contribution in [3.63, 3.8) is 0 Å². The van der Waals surface area contributed by atoms with Crippen LogP contribution in [0.4, 0.5) is 0 Å². The van der Waals surface area contributed by atoms with Gasteiger partial charge in [-0.15, -0.1) is 0 Å². The van der Waals surface area contributed by atoms with Gasteiger partial charge in [-0.05, 0) is 49.4 Å². The molecule has 2 amide bonds. The highest BCUT2D eigenvalue weighted by Gasteiger charge is 2.30. The van der Waals surface area contributed by atoms with E-state index in [2.05, 4.69) is 11.4 Å². The largest absolute Gasteiger partial charge is 0.497 e. The monoisotopic (exact) mass is 422 g/mol. The number of nitrogens with zero attached hydrogens (tertiary/aromatic N) is 1. The smallest absolute Gasteiger partial charge is 0.243 e. The van der Waals surface area contributed by atoms with Crippen LogP contribution in [0, 0.1) is 6.92 Å². The number of carbonyl (C=O) groups excluding carboxylic acids is 2. The second-order valence-corrected chi connectivity index (χ2v) is 8.45. The van der Waals surface area contributed by atoms with Crippen LogP contribution in [0.15, 0.2) is 48.5 Å². The highest BCUT2D eigenvalue weighted by atomic mass is 16.5. The van der Waals surface area contributed by atoms with Crippen LogP contribution in [0.5, 0.6) is 5.75 Å². The predicted molar refractivity (Wildman–Crippen MR) is 123 cm³/mol. The Bertz CT molecular complexity index is 872. The molecule has 5 nitrogen and oxygen atoms in total. The van der Waals surface area contributed by atoms with Crippen molar-refractivity contribution >= 4 is 11.8 Å². The summed E-state index contributed by atoms with van der Waals surface area (Å²) >= 11 is 0. The van der Waals surface area contributed by atoms with Crippen molar-refractivity contribution in [1.29, 1.82) is 0 Å². The first-order chi connectivity index (χ1) is 15.0. The van der Waals surface area contributed by atoms with Crippen LogP contribution in [0.25, 0.3) is 0 Å². The fraction of sp³-hybridized carbons (Fsp3) is 0.462. The van der Waals surface area contributed by atoms with E-state index in [9.17, 15) is 9.59 Å². The second-order valence-electron chi connectivity index (χ2n) is 8.45. The molecular formula is C26H34N2O3. The molecule has 31 heavy (non-hydrogen) atoms. The number of carbonyl (C=O) groups is 2. The Morgan fingerprint density at radius 1 is 1.10 bits per heavy atom. The van der Waals surface area contributed by atoms with Crippen LogP contribution < -0.4 is 10.1 Å². The van der Waals surface area contributed by atoms with E-state index in [1.807, 2.05) is 56.3 Å². The van der Waals surface area contributed by atoms with E-state index in [0.717, 1.165) is 48.1 Å². The zero-order chi connectivity index (χ0) is 22.2. The van der Waals surface area contributed by atoms with Gasteiger partial charge in [0.15, 0.2) is 0 Å². The van der Waals surface area contributed by atoms with E-state index in [0.29, 0.717) is 13.0 Å². The predicted octanol–water partition coefficient (Wildman–Crippen LogP) is 4.41. The Hall–Kier alpha value is -2.82. The summed E-state index contributed by atoms with van der Waals surface area (Å²) in [6, 6.07) is 15.4. The lowest BCUT2D eigenvalue weighted by molar-refractivity contribution is -0.141. The molecule has 1 saturated carbocycles. The number of amides is 2. The third kappa shape index (κ3) is 6.33. The Morgan fingerprint density at radius 2 is 1.81 bits per heavy atom. The number of methoxy groups -OCH3 is 1. The van der Waals surface area contributed by atoms with Gasteiger partial charge in [-0.1, -0.05) is 61.7 Å². The summed E-state index contributed by atoms with van der Waals surface area (Å²) < 4.78 is 5.21. The molecule has 1 aliphatic carbocycles. The molecule has 0 heterocycles. The zero-order valence-electron chi connectivity index (χ0n) is 18.9. The molecule has 0 radical (unpaired) electrons. The number of nitrogens with one attached hydrogen (secondary N) is 1. The number of ether oxygens (including phenoxy) is 1. The minimum atomic E-state index is -0.480. The number of hydrogen-bond acceptors (Lipinski definition) is 3. The molecule has 1 aliphatic rings. The molecule has 2 aromatic rings. The quantitative estimate of drug-likeness (QED) is 0.651. The van der Waals surface area contributed by atoms with Gasteiger partial charge in [0, 0.05) is 12.6 Å². The van der Waals surface area contributed by atoms with Gasteiger partial charge in [0.1, 0.15) is 11.8 Å². The second kappa shape index (κ2) is 11.0. The minimum Gasteiger partial charge on any atom is -0.497 e. The molecule has 0 aliphatic heterocycles. The first-order valence-electron chi connectivity index (χ1n) is 11.3. The Morgan fingerprint density at radius 3 is 2.42 bits per heavy atom. The van der Waals surface area contributed by atoms with Gasteiger partial charge in [0.2, 0.25) is 11.8 Å². The minimum absolute atomic E-state index is 0.0369. The number of hydrogen-bond donors (Lipinski definition) is 1. The van der Waals surface area contributed by atoms with Gasteiger partial charge in [-0.3, -0.25) is 9.59 Å². The van der Waals surface area contributed by atoms with Crippen LogP contribution in [0.3, 0.4) is 0 Å². The van der Waals surface area contributed by atoms with Crippen molar-refractivity contribution in [1.82, 2.24) is 10.2 Å². The Kier molecular flexibility index (Phi) is 8.10. The van der Waals surface area contributed by atoms with E-state index in [4.69, 9.17) is 4.74 Å². The van der Waals surface area contributed by atoms with Crippen LogP contribution in [0.1, 0.15) is 55.7 Å². The van der Waals surface area contributed by atoms with Crippen LogP contribution >= 0.6 is 0 Å². The summed E-state index contributed by atoms with van der Waals surface area (Å²) in [5, 5.41) is 3.19. The van der Waals surface area contributed by atoms with E-state index in [-0.39, 0.29) is 24.3 Å². The zero-order valence-corrected chi connectivity index (χ0v) is 18.9. The van der Waals surface area contributed by atoms with Crippen molar-refractivity contribution in [2.45, 2.75) is 71.0 Å². The van der Waals surface area contributed by atoms with E-state index in [1.165, 1.54) is 0 Å². The summed E-state index contributed by atoms with van der Waals surface area (Å²) in [4.78, 5) is 28.3. The molecule has 0 saturated heterocycles. The van der Waals surface area contributed by atoms with Crippen LogP contribution in [-0.4, -0.2) is 35.9 Å². The topological polar surface area (TPSA) is 58.6 Å². The molecule has 166 valence electrons. The highest BCUT2D eigenvalue weighted by Crippen LogP contribution is 2.20. The van der Waals surface area contributed by atoms with E-state index in [1.54, 1.807) is 12.0 Å². The molecule has 1 fully saturated rings. The lowest BCUT2D eigenvalue weighted by atomic mass is 10.0. The lowest BCUT2D eigenvalue weighted by Crippen LogP contribution is -2.51. The Labute approximate surface area is 185 Å². The molecule has 0 aromatic heterocycles. The van der Waals surface area contributed by atoms with Crippen molar-refractivity contribution in [3.05, 3.63) is 65.2 Å². The molecule has 0 unspecified atom stereocenters. The fourth-order valence-electron chi connectivity index (χ4n) is 4.31. The molecule has 1 atom stereocenters. The van der Waals surface area contributed by atoms with Crippen molar-refractivity contribution in [3.8, 4) is 5.75 Å². The maximum atomic E-state index is 13.4.